The number of hydrogen-bond donors (Lipinski definition) is 3. The second-order valence-electron chi connectivity index (χ2n) is 9.02. The van der Waals surface area contributed by atoms with Crippen molar-refractivity contribution in [3.63, 3.8) is 0 Å². The molecule has 3 aromatic rings. The number of anilines is 3. The molecule has 3 heterocycles. The summed E-state index contributed by atoms with van der Waals surface area (Å²) in [5.74, 6) is -1.38. The minimum atomic E-state index is -0.839. The van der Waals surface area contributed by atoms with Gasteiger partial charge in [-0.25, -0.2) is 18.7 Å². The van der Waals surface area contributed by atoms with Gasteiger partial charge in [-0.3, -0.25) is 9.36 Å². The van der Waals surface area contributed by atoms with Crippen LogP contribution < -0.4 is 16.4 Å². The number of fused-ring (bicyclic) bond motifs is 1. The Kier molecular flexibility index (Phi) is 6.70. The molecule has 186 valence electrons. The van der Waals surface area contributed by atoms with Crippen molar-refractivity contribution in [1.29, 1.82) is 0 Å². The van der Waals surface area contributed by atoms with E-state index >= 15 is 0 Å². The van der Waals surface area contributed by atoms with Crippen molar-refractivity contribution in [3.8, 4) is 0 Å². The van der Waals surface area contributed by atoms with Gasteiger partial charge in [-0.05, 0) is 50.7 Å². The van der Waals surface area contributed by atoms with E-state index in [0.717, 1.165) is 25.0 Å². The number of aromatic nitrogens is 4. The summed E-state index contributed by atoms with van der Waals surface area (Å²) in [5.41, 5.74) is 5.97. The fourth-order valence-electron chi connectivity index (χ4n) is 4.81. The van der Waals surface area contributed by atoms with Gasteiger partial charge in [-0.2, -0.15) is 4.98 Å². The van der Waals surface area contributed by atoms with Crippen LogP contribution in [0.1, 0.15) is 44.6 Å². The van der Waals surface area contributed by atoms with Crippen molar-refractivity contribution in [2.45, 2.75) is 50.6 Å². The van der Waals surface area contributed by atoms with E-state index in [-0.39, 0.29) is 40.6 Å². The minimum absolute atomic E-state index is 0.0454. The zero-order valence-corrected chi connectivity index (χ0v) is 19.7. The standard InChI is InChI=1S/C23H26ClF2N7O2/c24-13-9-16(25)19(17(26)10-13)31-23-32-21-22(33(23)15-3-1-12(2-4-15)20(27)34)30-18(11-28-21)29-14-5-7-35-8-6-14/h9-12,14-15H,1-8H2,(H2,27,34)(H,29,30)(H,28,31,32)/t12-,15+. The molecule has 0 spiro atoms. The van der Waals surface area contributed by atoms with Crippen molar-refractivity contribution >= 4 is 46.3 Å². The van der Waals surface area contributed by atoms with Gasteiger partial charge in [0.05, 0.1) is 6.20 Å². The quantitative estimate of drug-likeness (QED) is 0.456. The molecule has 0 unspecified atom stereocenters. The lowest BCUT2D eigenvalue weighted by Crippen LogP contribution is -2.29. The molecule has 0 radical (unpaired) electrons. The van der Waals surface area contributed by atoms with Crippen LogP contribution in [0.4, 0.5) is 26.2 Å². The molecule has 1 aromatic carbocycles. The number of benzene rings is 1. The molecule has 1 amide bonds. The molecule has 1 saturated carbocycles. The maximum Gasteiger partial charge on any atom is 0.220 e. The van der Waals surface area contributed by atoms with Crippen molar-refractivity contribution in [2.75, 3.05) is 23.8 Å². The van der Waals surface area contributed by atoms with Crippen LogP contribution in [0.15, 0.2) is 18.3 Å². The molecule has 0 atom stereocenters. The van der Waals surface area contributed by atoms with Crippen LogP contribution >= 0.6 is 11.6 Å². The third kappa shape index (κ3) is 5.01. The summed E-state index contributed by atoms with van der Waals surface area (Å²) in [5, 5.41) is 6.14. The van der Waals surface area contributed by atoms with Gasteiger partial charge in [-0.15, -0.1) is 0 Å². The highest BCUT2D eigenvalue weighted by atomic mass is 35.5. The molecule has 2 aliphatic rings. The van der Waals surface area contributed by atoms with Gasteiger partial charge in [0.25, 0.3) is 0 Å². The minimum Gasteiger partial charge on any atom is -0.381 e. The van der Waals surface area contributed by atoms with Crippen LogP contribution in [0.3, 0.4) is 0 Å². The first kappa shape index (κ1) is 23.7. The van der Waals surface area contributed by atoms with Gasteiger partial charge < -0.3 is 21.1 Å². The van der Waals surface area contributed by atoms with Crippen molar-refractivity contribution in [2.24, 2.45) is 11.7 Å². The van der Waals surface area contributed by atoms with Gasteiger partial charge in [0.2, 0.25) is 11.9 Å². The summed E-state index contributed by atoms with van der Waals surface area (Å²) in [6, 6.07) is 2.17. The highest BCUT2D eigenvalue weighted by Gasteiger charge is 2.30. The topological polar surface area (TPSA) is 120 Å². The first-order chi connectivity index (χ1) is 16.9. The Balaban J connectivity index is 1.52. The Bertz CT molecular complexity index is 1220. The van der Waals surface area contributed by atoms with Gasteiger partial charge in [0, 0.05) is 36.2 Å². The number of nitrogens with two attached hydrogens (primary N) is 1. The number of nitrogens with zero attached hydrogens (tertiary/aromatic N) is 4. The van der Waals surface area contributed by atoms with E-state index in [1.54, 1.807) is 6.20 Å². The first-order valence-corrected chi connectivity index (χ1v) is 12.1. The average Bonchev–Trinajstić information content (AvgIpc) is 3.19. The maximum atomic E-state index is 14.6. The molecule has 0 bridgehead atoms. The summed E-state index contributed by atoms with van der Waals surface area (Å²) >= 11 is 5.78. The lowest BCUT2D eigenvalue weighted by molar-refractivity contribution is -0.122. The van der Waals surface area contributed by atoms with E-state index in [4.69, 9.17) is 27.1 Å². The highest BCUT2D eigenvalue weighted by Crippen LogP contribution is 2.37. The molecule has 1 aliphatic heterocycles. The second kappa shape index (κ2) is 9.90. The van der Waals surface area contributed by atoms with E-state index < -0.39 is 11.6 Å². The first-order valence-electron chi connectivity index (χ1n) is 11.7. The van der Waals surface area contributed by atoms with E-state index in [2.05, 4.69) is 20.6 Å². The molecule has 2 fully saturated rings. The lowest BCUT2D eigenvalue weighted by atomic mass is 9.85. The number of halogens is 3. The zero-order valence-electron chi connectivity index (χ0n) is 18.9. The third-order valence-electron chi connectivity index (χ3n) is 6.68. The molecule has 1 saturated heterocycles. The maximum absolute atomic E-state index is 14.6. The Morgan fingerprint density at radius 2 is 1.77 bits per heavy atom. The third-order valence-corrected chi connectivity index (χ3v) is 6.90. The predicted octanol–water partition coefficient (Wildman–Crippen LogP) is 4.31. The largest absolute Gasteiger partial charge is 0.381 e. The molecular formula is C23H26ClF2N7O2. The normalized spacial score (nSPS) is 21.2. The van der Waals surface area contributed by atoms with Crippen molar-refractivity contribution in [1.82, 2.24) is 19.5 Å². The number of primary amides is 1. The van der Waals surface area contributed by atoms with Crippen LogP contribution in [-0.2, 0) is 9.53 Å². The molecule has 9 nitrogen and oxygen atoms in total. The van der Waals surface area contributed by atoms with Gasteiger partial charge in [-0.1, -0.05) is 11.6 Å². The average molecular weight is 506 g/mol. The highest BCUT2D eigenvalue weighted by molar-refractivity contribution is 6.30. The van der Waals surface area contributed by atoms with Crippen LogP contribution in [0.2, 0.25) is 5.02 Å². The number of rotatable bonds is 6. The summed E-state index contributed by atoms with van der Waals surface area (Å²) in [4.78, 5) is 25.4. The van der Waals surface area contributed by atoms with E-state index in [1.165, 1.54) is 0 Å². The number of carbonyl (C=O) groups excluding carboxylic acids is 1. The van der Waals surface area contributed by atoms with Gasteiger partial charge >= 0.3 is 0 Å². The van der Waals surface area contributed by atoms with E-state index in [1.807, 2.05) is 4.57 Å². The summed E-state index contributed by atoms with van der Waals surface area (Å²) in [6.07, 6.45) is 5.81. The molecule has 4 N–H and O–H groups in total. The monoisotopic (exact) mass is 505 g/mol. The van der Waals surface area contributed by atoms with Gasteiger partial charge in [0.15, 0.2) is 22.9 Å². The SMILES string of the molecule is NC(=O)[C@H]1CC[C@@H](n2c(Nc3c(F)cc(Cl)cc3F)nc3ncc(NC4CCOCC4)nc32)CC1. The lowest BCUT2D eigenvalue weighted by Gasteiger charge is -2.29. The van der Waals surface area contributed by atoms with Crippen molar-refractivity contribution in [3.05, 3.63) is 35.0 Å². The van der Waals surface area contributed by atoms with Crippen LogP contribution in [0.5, 0.6) is 0 Å². The smallest absolute Gasteiger partial charge is 0.220 e. The zero-order chi connectivity index (χ0) is 24.5. The molecule has 12 heteroatoms. The van der Waals surface area contributed by atoms with Crippen LogP contribution in [0.25, 0.3) is 11.3 Å². The second-order valence-corrected chi connectivity index (χ2v) is 9.45. The van der Waals surface area contributed by atoms with E-state index in [0.29, 0.717) is 56.0 Å². The molecule has 5 rings (SSSR count). The summed E-state index contributed by atoms with van der Waals surface area (Å²) in [7, 11) is 0. The van der Waals surface area contributed by atoms with Crippen molar-refractivity contribution < 1.29 is 18.3 Å². The Labute approximate surface area is 205 Å². The summed E-state index contributed by atoms with van der Waals surface area (Å²) < 4.78 is 36.4. The molecule has 1 aliphatic carbocycles. The van der Waals surface area contributed by atoms with Crippen LogP contribution in [-0.4, -0.2) is 44.7 Å². The Morgan fingerprint density at radius 1 is 1.09 bits per heavy atom. The van der Waals surface area contributed by atoms with E-state index in [9.17, 15) is 13.6 Å². The summed E-state index contributed by atoms with van der Waals surface area (Å²) in [6.45, 7) is 1.36. The number of imidazole rings is 1. The molecule has 35 heavy (non-hydrogen) atoms. The molecule has 2 aromatic heterocycles. The Morgan fingerprint density at radius 3 is 2.43 bits per heavy atom. The number of ether oxygens (including phenoxy) is 1. The number of nitrogens with one attached hydrogen (secondary N) is 2. The van der Waals surface area contributed by atoms with Gasteiger partial charge in [0.1, 0.15) is 11.5 Å². The predicted molar refractivity (Wildman–Crippen MR) is 128 cm³/mol. The molecular weight excluding hydrogens is 480 g/mol. The number of hydrogen-bond acceptors (Lipinski definition) is 7. The Hall–Kier alpha value is -3.05. The number of carbonyl (C=O) groups is 1. The fraction of sp³-hybridized carbons (Fsp3) is 0.478. The number of amides is 1. The van der Waals surface area contributed by atoms with Crippen LogP contribution in [0, 0.1) is 17.6 Å². The fourth-order valence-corrected chi connectivity index (χ4v) is 5.01.